The molecule has 0 aliphatic carbocycles. The van der Waals surface area contributed by atoms with Gasteiger partial charge in [-0.2, -0.15) is 0 Å². The Morgan fingerprint density at radius 1 is 1.30 bits per heavy atom. The second kappa shape index (κ2) is 7.29. The van der Waals surface area contributed by atoms with Crippen LogP contribution in [0.2, 0.25) is 0 Å². The number of aliphatic hydroxyl groups is 1. The van der Waals surface area contributed by atoms with Crippen LogP contribution >= 0.6 is 0 Å². The number of hydrogen-bond donors (Lipinski definition) is 2. The third kappa shape index (κ3) is 6.57. The minimum absolute atomic E-state index is 0.315. The standard InChI is InChI=1S/C16H25NO3/c1-12(18)14(17-15(19)20-16(2,3)4)11-10-13-8-6-5-7-9-13/h5-9,12,14,18H,10-11H2,1-4H3,(H,17,19). The predicted octanol–water partition coefficient (Wildman–Crippen LogP) is 2.89. The molecule has 20 heavy (non-hydrogen) atoms. The van der Waals surface area contributed by atoms with E-state index in [0.717, 1.165) is 6.42 Å². The Morgan fingerprint density at radius 2 is 1.90 bits per heavy atom. The van der Waals surface area contributed by atoms with Crippen LogP contribution in [-0.4, -0.2) is 28.9 Å². The summed E-state index contributed by atoms with van der Waals surface area (Å²) in [5.41, 5.74) is 0.649. The van der Waals surface area contributed by atoms with E-state index in [0.29, 0.717) is 6.42 Å². The molecule has 0 heterocycles. The summed E-state index contributed by atoms with van der Waals surface area (Å²) in [6.07, 6.45) is 0.357. The lowest BCUT2D eigenvalue weighted by Gasteiger charge is -2.25. The summed E-state index contributed by atoms with van der Waals surface area (Å²) in [5.74, 6) is 0. The predicted molar refractivity (Wildman–Crippen MR) is 79.6 cm³/mol. The maximum atomic E-state index is 11.7. The van der Waals surface area contributed by atoms with Crippen molar-refractivity contribution >= 4 is 6.09 Å². The molecule has 0 saturated carbocycles. The lowest BCUT2D eigenvalue weighted by molar-refractivity contribution is 0.0431. The molecule has 0 radical (unpaired) electrons. The van der Waals surface area contributed by atoms with Gasteiger partial charge in [-0.15, -0.1) is 0 Å². The highest BCUT2D eigenvalue weighted by atomic mass is 16.6. The Morgan fingerprint density at radius 3 is 2.40 bits per heavy atom. The molecule has 0 fully saturated rings. The van der Waals surface area contributed by atoms with E-state index in [1.165, 1.54) is 5.56 Å². The van der Waals surface area contributed by atoms with Crippen molar-refractivity contribution in [1.29, 1.82) is 0 Å². The number of benzene rings is 1. The molecule has 0 saturated heterocycles. The number of alkyl carbamates (subject to hydrolysis) is 1. The average Bonchev–Trinajstić information content (AvgIpc) is 2.33. The molecule has 0 aromatic heterocycles. The van der Waals surface area contributed by atoms with E-state index in [9.17, 15) is 9.90 Å². The molecule has 2 unspecified atom stereocenters. The molecule has 4 heteroatoms. The fourth-order valence-electron chi connectivity index (χ4n) is 1.86. The smallest absolute Gasteiger partial charge is 0.407 e. The normalized spacial score (nSPS) is 14.4. The van der Waals surface area contributed by atoms with Gasteiger partial charge in [0.1, 0.15) is 5.60 Å². The molecule has 0 aliphatic heterocycles. The van der Waals surface area contributed by atoms with E-state index in [2.05, 4.69) is 5.32 Å². The second-order valence-corrected chi connectivity index (χ2v) is 6.02. The molecule has 1 aromatic carbocycles. The fourth-order valence-corrected chi connectivity index (χ4v) is 1.86. The van der Waals surface area contributed by atoms with Gasteiger partial charge in [-0.3, -0.25) is 0 Å². The SMILES string of the molecule is CC(O)C(CCc1ccccc1)NC(=O)OC(C)(C)C. The van der Waals surface area contributed by atoms with Gasteiger partial charge in [-0.05, 0) is 46.1 Å². The zero-order chi connectivity index (χ0) is 15.2. The molecule has 4 nitrogen and oxygen atoms in total. The maximum absolute atomic E-state index is 11.7. The quantitative estimate of drug-likeness (QED) is 0.871. The number of rotatable bonds is 5. The van der Waals surface area contributed by atoms with Crippen LogP contribution in [0.25, 0.3) is 0 Å². The first kappa shape index (κ1) is 16.5. The monoisotopic (exact) mass is 279 g/mol. The first-order valence-electron chi connectivity index (χ1n) is 6.99. The van der Waals surface area contributed by atoms with Gasteiger partial charge in [0, 0.05) is 0 Å². The van der Waals surface area contributed by atoms with E-state index in [-0.39, 0.29) is 6.04 Å². The topological polar surface area (TPSA) is 58.6 Å². The Kier molecular flexibility index (Phi) is 6.02. The van der Waals surface area contributed by atoms with E-state index < -0.39 is 17.8 Å². The lowest BCUT2D eigenvalue weighted by Crippen LogP contribution is -2.44. The number of nitrogens with one attached hydrogen (secondary N) is 1. The van der Waals surface area contributed by atoms with Crippen molar-refractivity contribution in [2.24, 2.45) is 0 Å². The van der Waals surface area contributed by atoms with Gasteiger partial charge < -0.3 is 15.2 Å². The first-order valence-corrected chi connectivity index (χ1v) is 6.99. The number of carbonyl (C=O) groups excluding carboxylic acids is 1. The molecule has 2 N–H and O–H groups in total. The van der Waals surface area contributed by atoms with E-state index in [1.54, 1.807) is 6.92 Å². The average molecular weight is 279 g/mol. The Labute approximate surface area is 121 Å². The summed E-state index contributed by atoms with van der Waals surface area (Å²) in [6.45, 7) is 7.11. The number of aliphatic hydroxyl groups excluding tert-OH is 1. The maximum Gasteiger partial charge on any atom is 0.407 e. The molecular formula is C16H25NO3. The highest BCUT2D eigenvalue weighted by Gasteiger charge is 2.22. The summed E-state index contributed by atoms with van der Waals surface area (Å²) >= 11 is 0. The van der Waals surface area contributed by atoms with E-state index in [4.69, 9.17) is 4.74 Å². The Hall–Kier alpha value is -1.55. The zero-order valence-electron chi connectivity index (χ0n) is 12.7. The van der Waals surface area contributed by atoms with Crippen LogP contribution in [0.4, 0.5) is 4.79 Å². The minimum atomic E-state index is -0.619. The van der Waals surface area contributed by atoms with Crippen LogP contribution in [0.1, 0.15) is 39.7 Å². The van der Waals surface area contributed by atoms with Crippen molar-refractivity contribution in [3.05, 3.63) is 35.9 Å². The van der Waals surface area contributed by atoms with Gasteiger partial charge in [-0.25, -0.2) is 4.79 Å². The highest BCUT2D eigenvalue weighted by Crippen LogP contribution is 2.10. The highest BCUT2D eigenvalue weighted by molar-refractivity contribution is 5.68. The first-order chi connectivity index (χ1) is 9.28. The summed E-state index contributed by atoms with van der Waals surface area (Å²) in [6, 6.07) is 9.68. The third-order valence-corrected chi connectivity index (χ3v) is 2.87. The van der Waals surface area contributed by atoms with Crippen LogP contribution in [0.15, 0.2) is 30.3 Å². The van der Waals surface area contributed by atoms with Crippen molar-refractivity contribution in [2.45, 2.75) is 58.3 Å². The van der Waals surface area contributed by atoms with Crippen LogP contribution in [0, 0.1) is 0 Å². The summed E-state index contributed by atoms with van der Waals surface area (Å²) < 4.78 is 5.21. The molecule has 2 atom stereocenters. The number of carbonyl (C=O) groups is 1. The number of ether oxygens (including phenoxy) is 1. The summed E-state index contributed by atoms with van der Waals surface area (Å²) in [4.78, 5) is 11.7. The van der Waals surface area contributed by atoms with Gasteiger partial charge >= 0.3 is 6.09 Å². The van der Waals surface area contributed by atoms with Crippen molar-refractivity contribution in [3.63, 3.8) is 0 Å². The summed E-state index contributed by atoms with van der Waals surface area (Å²) in [7, 11) is 0. The van der Waals surface area contributed by atoms with Crippen molar-refractivity contribution in [2.75, 3.05) is 0 Å². The van der Waals surface area contributed by atoms with Gasteiger partial charge in [0.05, 0.1) is 12.1 Å². The molecule has 0 spiro atoms. The zero-order valence-corrected chi connectivity index (χ0v) is 12.7. The molecular weight excluding hydrogens is 254 g/mol. The lowest BCUT2D eigenvalue weighted by atomic mass is 10.0. The number of hydrogen-bond acceptors (Lipinski definition) is 3. The fraction of sp³-hybridized carbons (Fsp3) is 0.562. The number of aryl methyl sites for hydroxylation is 1. The molecule has 112 valence electrons. The summed E-state index contributed by atoms with van der Waals surface area (Å²) in [5, 5.41) is 12.5. The minimum Gasteiger partial charge on any atom is -0.444 e. The molecule has 1 rings (SSSR count). The Bertz CT molecular complexity index is 409. The van der Waals surface area contributed by atoms with Crippen molar-refractivity contribution < 1.29 is 14.6 Å². The van der Waals surface area contributed by atoms with Gasteiger partial charge in [-0.1, -0.05) is 30.3 Å². The van der Waals surface area contributed by atoms with Crippen LogP contribution in [-0.2, 0) is 11.2 Å². The number of amides is 1. The van der Waals surface area contributed by atoms with Crippen LogP contribution < -0.4 is 5.32 Å². The third-order valence-electron chi connectivity index (χ3n) is 2.87. The van der Waals surface area contributed by atoms with Gasteiger partial charge in [0.15, 0.2) is 0 Å². The molecule has 0 bridgehead atoms. The molecule has 1 aromatic rings. The van der Waals surface area contributed by atoms with E-state index in [1.807, 2.05) is 51.1 Å². The molecule has 1 amide bonds. The van der Waals surface area contributed by atoms with Gasteiger partial charge in [0.2, 0.25) is 0 Å². The van der Waals surface area contributed by atoms with Crippen LogP contribution in [0.3, 0.4) is 0 Å². The van der Waals surface area contributed by atoms with Crippen molar-refractivity contribution in [1.82, 2.24) is 5.32 Å². The van der Waals surface area contributed by atoms with E-state index >= 15 is 0 Å². The largest absolute Gasteiger partial charge is 0.444 e. The van der Waals surface area contributed by atoms with Crippen LogP contribution in [0.5, 0.6) is 0 Å². The van der Waals surface area contributed by atoms with Crippen molar-refractivity contribution in [3.8, 4) is 0 Å². The molecule has 0 aliphatic rings. The van der Waals surface area contributed by atoms with Gasteiger partial charge in [0.25, 0.3) is 0 Å². The second-order valence-electron chi connectivity index (χ2n) is 6.02. The Balaban J connectivity index is 2.51.